The van der Waals surface area contributed by atoms with E-state index in [9.17, 15) is 9.90 Å². The molecule has 1 aromatic heterocycles. The van der Waals surface area contributed by atoms with Crippen LogP contribution in [0.5, 0.6) is 0 Å². The molecule has 0 spiro atoms. The highest BCUT2D eigenvalue weighted by atomic mass is 16.3. The molecule has 0 saturated heterocycles. The van der Waals surface area contributed by atoms with Gasteiger partial charge in [0.25, 0.3) is 0 Å². The van der Waals surface area contributed by atoms with Crippen LogP contribution in [-0.4, -0.2) is 20.9 Å². The zero-order valence-electron chi connectivity index (χ0n) is 11.1. The van der Waals surface area contributed by atoms with Gasteiger partial charge in [-0.3, -0.25) is 4.79 Å². The molecule has 0 amide bonds. The fraction of sp³-hybridized carbons (Fsp3) is 0.0588. The van der Waals surface area contributed by atoms with Crippen LogP contribution in [0.3, 0.4) is 0 Å². The van der Waals surface area contributed by atoms with Gasteiger partial charge in [-0.2, -0.15) is 0 Å². The number of fused-ring (bicyclic) bond motifs is 2. The fourth-order valence-corrected chi connectivity index (χ4v) is 2.73. The normalized spacial score (nSPS) is 13.7. The Morgan fingerprint density at radius 2 is 1.86 bits per heavy atom. The zero-order chi connectivity index (χ0) is 14.4. The number of aromatic nitrogens is 2. The van der Waals surface area contributed by atoms with Crippen molar-refractivity contribution in [1.29, 1.82) is 0 Å². The van der Waals surface area contributed by atoms with Gasteiger partial charge in [-0.05, 0) is 17.7 Å². The lowest BCUT2D eigenvalue weighted by molar-refractivity contribution is 0.102. The Balaban J connectivity index is 1.78. The number of aliphatic hydroxyl groups is 1. The van der Waals surface area contributed by atoms with Crippen molar-refractivity contribution in [3.05, 3.63) is 71.1 Å². The van der Waals surface area contributed by atoms with E-state index in [2.05, 4.69) is 9.97 Å². The first-order valence-electron chi connectivity index (χ1n) is 6.74. The molecule has 1 heterocycles. The van der Waals surface area contributed by atoms with Crippen molar-refractivity contribution in [3.63, 3.8) is 0 Å². The van der Waals surface area contributed by atoms with Gasteiger partial charge in [-0.15, -0.1) is 0 Å². The summed E-state index contributed by atoms with van der Waals surface area (Å²) in [6.45, 7) is 0. The van der Waals surface area contributed by atoms with Crippen LogP contribution in [0.2, 0.25) is 0 Å². The number of carbonyl (C=O) groups excluding carboxylic acids is 1. The van der Waals surface area contributed by atoms with Crippen molar-refractivity contribution in [2.24, 2.45) is 0 Å². The van der Waals surface area contributed by atoms with Gasteiger partial charge in [-0.25, -0.2) is 4.98 Å². The molecule has 3 aromatic rings. The molecule has 2 N–H and O–H groups in total. The molecule has 4 nitrogen and oxygen atoms in total. The van der Waals surface area contributed by atoms with Gasteiger partial charge in [0.15, 0.2) is 5.82 Å². The summed E-state index contributed by atoms with van der Waals surface area (Å²) in [4.78, 5) is 19.9. The summed E-state index contributed by atoms with van der Waals surface area (Å²) in [6, 6.07) is 15.0. The maximum absolute atomic E-state index is 12.6. The molecule has 21 heavy (non-hydrogen) atoms. The van der Waals surface area contributed by atoms with E-state index in [0.29, 0.717) is 12.0 Å². The van der Waals surface area contributed by atoms with E-state index in [0.717, 1.165) is 22.2 Å². The second kappa shape index (κ2) is 4.31. The number of benzene rings is 2. The Morgan fingerprint density at radius 3 is 2.67 bits per heavy atom. The van der Waals surface area contributed by atoms with E-state index in [4.69, 9.17) is 0 Å². The summed E-state index contributed by atoms with van der Waals surface area (Å²) in [5, 5.41) is 10.3. The summed E-state index contributed by atoms with van der Waals surface area (Å²) in [5.41, 5.74) is 3.66. The molecule has 4 rings (SSSR count). The minimum atomic E-state index is -0.250. The maximum Gasteiger partial charge on any atom is 0.228 e. The number of para-hydroxylation sites is 2. The monoisotopic (exact) mass is 276 g/mol. The molecule has 0 radical (unpaired) electrons. The minimum Gasteiger partial charge on any atom is -0.507 e. The molecule has 0 bridgehead atoms. The van der Waals surface area contributed by atoms with E-state index in [1.54, 1.807) is 0 Å². The number of rotatable bonds is 2. The number of ketones is 1. The highest BCUT2D eigenvalue weighted by Crippen LogP contribution is 2.32. The number of hydrogen-bond acceptors (Lipinski definition) is 3. The van der Waals surface area contributed by atoms with Crippen LogP contribution < -0.4 is 0 Å². The van der Waals surface area contributed by atoms with Crippen molar-refractivity contribution in [3.8, 4) is 0 Å². The number of imidazole rings is 1. The number of carbonyl (C=O) groups is 1. The first kappa shape index (κ1) is 11.9. The molecule has 1 aliphatic carbocycles. The Morgan fingerprint density at radius 1 is 1.10 bits per heavy atom. The Bertz CT molecular complexity index is 873. The number of nitrogens with one attached hydrogen (secondary N) is 1. The number of aromatic amines is 1. The highest BCUT2D eigenvalue weighted by Gasteiger charge is 2.28. The van der Waals surface area contributed by atoms with Gasteiger partial charge in [0.2, 0.25) is 5.78 Å². The lowest BCUT2D eigenvalue weighted by atomic mass is 10.1. The third kappa shape index (κ3) is 1.76. The number of nitrogens with zero attached hydrogens (tertiary/aromatic N) is 1. The maximum atomic E-state index is 12.6. The molecule has 0 atom stereocenters. The summed E-state index contributed by atoms with van der Waals surface area (Å²) in [6.07, 6.45) is 0.442. The van der Waals surface area contributed by atoms with Crippen LogP contribution >= 0.6 is 0 Å². The first-order chi connectivity index (χ1) is 10.2. The van der Waals surface area contributed by atoms with Gasteiger partial charge in [0.1, 0.15) is 5.76 Å². The van der Waals surface area contributed by atoms with Gasteiger partial charge >= 0.3 is 0 Å². The van der Waals surface area contributed by atoms with Crippen LogP contribution in [0.4, 0.5) is 0 Å². The van der Waals surface area contributed by atoms with Gasteiger partial charge < -0.3 is 10.1 Å². The summed E-state index contributed by atoms with van der Waals surface area (Å²) in [5.74, 6) is 0.0847. The summed E-state index contributed by atoms with van der Waals surface area (Å²) in [7, 11) is 0. The van der Waals surface area contributed by atoms with Crippen LogP contribution in [0.15, 0.2) is 54.1 Å². The van der Waals surface area contributed by atoms with Crippen LogP contribution in [0.1, 0.15) is 21.7 Å². The topological polar surface area (TPSA) is 66.0 Å². The standard InChI is InChI=1S/C17H12N2O2/c20-15-11-6-2-1-5-10(11)9-12(15)16(21)17-18-13-7-3-4-8-14(13)19-17/h1-8,20H,9H2,(H,18,19). The highest BCUT2D eigenvalue weighted by molar-refractivity contribution is 6.12. The van der Waals surface area contributed by atoms with Gasteiger partial charge in [0, 0.05) is 12.0 Å². The van der Waals surface area contributed by atoms with Crippen molar-refractivity contribution in [2.75, 3.05) is 0 Å². The first-order valence-corrected chi connectivity index (χ1v) is 6.74. The molecule has 0 fully saturated rings. The van der Waals surface area contributed by atoms with E-state index < -0.39 is 0 Å². The zero-order valence-corrected chi connectivity index (χ0v) is 11.1. The number of allylic oxidation sites excluding steroid dienone is 1. The molecular formula is C17H12N2O2. The van der Waals surface area contributed by atoms with Crippen molar-refractivity contribution < 1.29 is 9.90 Å². The average molecular weight is 276 g/mol. The quantitative estimate of drug-likeness (QED) is 0.706. The third-order valence-electron chi connectivity index (χ3n) is 3.80. The van der Waals surface area contributed by atoms with Crippen LogP contribution in [0.25, 0.3) is 16.8 Å². The number of aliphatic hydroxyl groups excluding tert-OH is 1. The van der Waals surface area contributed by atoms with Gasteiger partial charge in [-0.1, -0.05) is 36.4 Å². The van der Waals surface area contributed by atoms with Gasteiger partial charge in [0.05, 0.1) is 16.6 Å². The number of Topliss-reactive ketones (excluding diaryl/α,β-unsaturated/α-hetero) is 1. The SMILES string of the molecule is O=C(C1=C(O)c2ccccc2C1)c1nc2ccccc2[nH]1. The van der Waals surface area contributed by atoms with E-state index in [1.165, 1.54) is 0 Å². The van der Waals surface area contributed by atoms with E-state index in [1.807, 2.05) is 48.5 Å². The smallest absolute Gasteiger partial charge is 0.228 e. The molecule has 0 aliphatic heterocycles. The predicted molar refractivity (Wildman–Crippen MR) is 80.1 cm³/mol. The lowest BCUT2D eigenvalue weighted by Crippen LogP contribution is -2.07. The molecule has 1 aliphatic rings. The van der Waals surface area contributed by atoms with Crippen molar-refractivity contribution >= 4 is 22.6 Å². The largest absolute Gasteiger partial charge is 0.507 e. The van der Waals surface area contributed by atoms with Crippen LogP contribution in [-0.2, 0) is 6.42 Å². The average Bonchev–Trinajstić information content (AvgIpc) is 3.08. The number of hydrogen-bond donors (Lipinski definition) is 2. The summed E-state index contributed by atoms with van der Waals surface area (Å²) < 4.78 is 0. The molecule has 0 saturated carbocycles. The van der Waals surface area contributed by atoms with Crippen LogP contribution in [0, 0.1) is 0 Å². The molecular weight excluding hydrogens is 264 g/mol. The minimum absolute atomic E-state index is 0.0658. The molecule has 0 unspecified atom stereocenters. The number of H-pyrrole nitrogens is 1. The molecule has 4 heteroatoms. The Kier molecular flexibility index (Phi) is 2.44. The summed E-state index contributed by atoms with van der Waals surface area (Å²) >= 11 is 0. The van der Waals surface area contributed by atoms with Crippen molar-refractivity contribution in [1.82, 2.24) is 9.97 Å². The fourth-order valence-electron chi connectivity index (χ4n) is 2.73. The Hall–Kier alpha value is -2.88. The predicted octanol–water partition coefficient (Wildman–Crippen LogP) is 3.27. The lowest BCUT2D eigenvalue weighted by Gasteiger charge is -1.98. The van der Waals surface area contributed by atoms with Crippen molar-refractivity contribution in [2.45, 2.75) is 6.42 Å². The van der Waals surface area contributed by atoms with E-state index >= 15 is 0 Å². The second-order valence-electron chi connectivity index (χ2n) is 5.09. The Labute approximate surface area is 120 Å². The third-order valence-corrected chi connectivity index (χ3v) is 3.80. The molecule has 102 valence electrons. The van der Waals surface area contributed by atoms with E-state index in [-0.39, 0.29) is 17.4 Å². The molecule has 2 aromatic carbocycles. The second-order valence-corrected chi connectivity index (χ2v) is 5.09.